The third kappa shape index (κ3) is 4.26. The molecule has 0 unspecified atom stereocenters. The van der Waals surface area contributed by atoms with Crippen molar-refractivity contribution < 1.29 is 19.1 Å². The lowest BCUT2D eigenvalue weighted by atomic mass is 10.2. The van der Waals surface area contributed by atoms with Gasteiger partial charge in [-0.1, -0.05) is 17.4 Å². The number of anilines is 1. The van der Waals surface area contributed by atoms with E-state index in [2.05, 4.69) is 20.3 Å². The number of rotatable bonds is 6. The Morgan fingerprint density at radius 3 is 2.86 bits per heavy atom. The van der Waals surface area contributed by atoms with E-state index in [4.69, 9.17) is 4.74 Å². The van der Waals surface area contributed by atoms with E-state index in [0.717, 1.165) is 11.3 Å². The highest BCUT2D eigenvalue weighted by Crippen LogP contribution is 2.18. The number of benzene rings is 1. The van der Waals surface area contributed by atoms with Gasteiger partial charge in [-0.25, -0.2) is 0 Å². The SMILES string of the molecule is CCOc1cccc(C(=O)Nc2nnc(CC(=O)OC)s2)c1. The van der Waals surface area contributed by atoms with E-state index in [1.807, 2.05) is 6.92 Å². The minimum atomic E-state index is -0.404. The van der Waals surface area contributed by atoms with Gasteiger partial charge >= 0.3 is 5.97 Å². The first-order chi connectivity index (χ1) is 10.6. The molecule has 1 amide bonds. The fourth-order valence-corrected chi connectivity index (χ4v) is 2.35. The zero-order valence-corrected chi connectivity index (χ0v) is 13.0. The second-order valence-electron chi connectivity index (χ2n) is 4.17. The van der Waals surface area contributed by atoms with Crippen molar-refractivity contribution in [2.45, 2.75) is 13.3 Å². The molecule has 2 aromatic rings. The first-order valence-corrected chi connectivity index (χ1v) is 7.37. The number of carbonyl (C=O) groups excluding carboxylic acids is 2. The number of amides is 1. The Bertz CT molecular complexity index is 672. The van der Waals surface area contributed by atoms with Gasteiger partial charge in [-0.15, -0.1) is 10.2 Å². The Labute approximate surface area is 131 Å². The summed E-state index contributed by atoms with van der Waals surface area (Å²) in [6.07, 6.45) is 0.0316. The quantitative estimate of drug-likeness (QED) is 0.817. The Morgan fingerprint density at radius 2 is 2.14 bits per heavy atom. The predicted octanol–water partition coefficient (Wildman–Crippen LogP) is 1.90. The van der Waals surface area contributed by atoms with Crippen LogP contribution in [0.4, 0.5) is 5.13 Å². The molecule has 1 aromatic heterocycles. The summed E-state index contributed by atoms with van der Waals surface area (Å²) in [4.78, 5) is 23.3. The van der Waals surface area contributed by atoms with Crippen LogP contribution in [0.1, 0.15) is 22.3 Å². The maximum atomic E-state index is 12.1. The van der Waals surface area contributed by atoms with Gasteiger partial charge in [0, 0.05) is 5.56 Å². The largest absolute Gasteiger partial charge is 0.494 e. The van der Waals surface area contributed by atoms with Crippen LogP contribution < -0.4 is 10.1 Å². The van der Waals surface area contributed by atoms with Crippen molar-refractivity contribution in [2.24, 2.45) is 0 Å². The summed E-state index contributed by atoms with van der Waals surface area (Å²) in [5.41, 5.74) is 0.454. The number of nitrogens with zero attached hydrogens (tertiary/aromatic N) is 2. The predicted molar refractivity (Wildman–Crippen MR) is 81.2 cm³/mol. The molecule has 1 N–H and O–H groups in total. The van der Waals surface area contributed by atoms with Crippen molar-refractivity contribution in [3.63, 3.8) is 0 Å². The molecule has 2 rings (SSSR count). The van der Waals surface area contributed by atoms with Gasteiger partial charge in [0.2, 0.25) is 5.13 Å². The highest BCUT2D eigenvalue weighted by Gasteiger charge is 2.13. The lowest BCUT2D eigenvalue weighted by Gasteiger charge is -2.05. The number of carbonyl (C=O) groups is 2. The lowest BCUT2D eigenvalue weighted by molar-refractivity contribution is -0.139. The molecule has 0 saturated heterocycles. The number of esters is 1. The smallest absolute Gasteiger partial charge is 0.312 e. The Balaban J connectivity index is 2.02. The van der Waals surface area contributed by atoms with Crippen molar-refractivity contribution in [1.29, 1.82) is 0 Å². The highest BCUT2D eigenvalue weighted by atomic mass is 32.1. The van der Waals surface area contributed by atoms with Gasteiger partial charge < -0.3 is 9.47 Å². The molecule has 0 atom stereocenters. The van der Waals surface area contributed by atoms with Crippen LogP contribution in [0.3, 0.4) is 0 Å². The number of hydrogen-bond donors (Lipinski definition) is 1. The van der Waals surface area contributed by atoms with Crippen molar-refractivity contribution >= 4 is 28.3 Å². The lowest BCUT2D eigenvalue weighted by Crippen LogP contribution is -2.11. The normalized spacial score (nSPS) is 10.1. The summed E-state index contributed by atoms with van der Waals surface area (Å²) >= 11 is 1.13. The van der Waals surface area contributed by atoms with Crippen LogP contribution in [0.5, 0.6) is 5.75 Å². The van der Waals surface area contributed by atoms with Crippen LogP contribution >= 0.6 is 11.3 Å². The van der Waals surface area contributed by atoms with Gasteiger partial charge in [-0.2, -0.15) is 0 Å². The van der Waals surface area contributed by atoms with E-state index in [1.54, 1.807) is 24.3 Å². The second-order valence-corrected chi connectivity index (χ2v) is 5.23. The topological polar surface area (TPSA) is 90.4 Å². The molecular formula is C14H15N3O4S. The van der Waals surface area contributed by atoms with Crippen LogP contribution in [-0.2, 0) is 16.0 Å². The summed E-state index contributed by atoms with van der Waals surface area (Å²) < 4.78 is 9.90. The third-order valence-electron chi connectivity index (χ3n) is 2.62. The Hall–Kier alpha value is -2.48. The molecule has 0 saturated carbocycles. The van der Waals surface area contributed by atoms with E-state index in [0.29, 0.717) is 28.1 Å². The fraction of sp³-hybridized carbons (Fsp3) is 0.286. The molecule has 22 heavy (non-hydrogen) atoms. The van der Waals surface area contributed by atoms with Gasteiger partial charge in [0.1, 0.15) is 10.8 Å². The summed E-state index contributed by atoms with van der Waals surface area (Å²) in [6.45, 7) is 2.40. The Kier molecular flexibility index (Phi) is 5.42. The number of hydrogen-bond acceptors (Lipinski definition) is 7. The van der Waals surface area contributed by atoms with Gasteiger partial charge in [0.25, 0.3) is 5.91 Å². The number of aromatic nitrogens is 2. The van der Waals surface area contributed by atoms with Crippen LogP contribution in [0.25, 0.3) is 0 Å². The molecule has 7 nitrogen and oxygen atoms in total. The fourth-order valence-electron chi connectivity index (χ4n) is 1.63. The van der Waals surface area contributed by atoms with Crippen molar-refractivity contribution in [1.82, 2.24) is 10.2 Å². The van der Waals surface area contributed by atoms with Crippen LogP contribution in [0.2, 0.25) is 0 Å². The molecule has 0 bridgehead atoms. The minimum absolute atomic E-state index is 0.0316. The zero-order valence-electron chi connectivity index (χ0n) is 12.2. The summed E-state index contributed by atoms with van der Waals surface area (Å²) in [6, 6.07) is 6.84. The van der Waals surface area contributed by atoms with Gasteiger partial charge in [-0.3, -0.25) is 14.9 Å². The van der Waals surface area contributed by atoms with E-state index in [-0.39, 0.29) is 12.3 Å². The molecule has 0 spiro atoms. The van der Waals surface area contributed by atoms with E-state index in [9.17, 15) is 9.59 Å². The molecule has 0 radical (unpaired) electrons. The standard InChI is InChI=1S/C14H15N3O4S/c1-3-21-10-6-4-5-9(7-10)13(19)15-14-17-16-11(22-14)8-12(18)20-2/h4-7H,3,8H2,1-2H3,(H,15,17,19). The third-order valence-corrected chi connectivity index (χ3v) is 3.46. The number of ether oxygens (including phenoxy) is 2. The number of nitrogens with one attached hydrogen (secondary N) is 1. The second kappa shape index (κ2) is 7.51. The van der Waals surface area contributed by atoms with E-state index < -0.39 is 5.97 Å². The molecule has 0 aliphatic heterocycles. The summed E-state index contributed by atoms with van der Waals surface area (Å²) in [7, 11) is 1.30. The molecule has 1 heterocycles. The van der Waals surface area contributed by atoms with Crippen LogP contribution in [-0.4, -0.2) is 35.8 Å². The van der Waals surface area contributed by atoms with Crippen LogP contribution in [0.15, 0.2) is 24.3 Å². The maximum Gasteiger partial charge on any atom is 0.312 e. The first-order valence-electron chi connectivity index (χ1n) is 6.55. The maximum absolute atomic E-state index is 12.1. The van der Waals surface area contributed by atoms with Gasteiger partial charge in [0.15, 0.2) is 0 Å². The molecule has 8 heteroatoms. The average molecular weight is 321 g/mol. The summed E-state index contributed by atoms with van der Waals surface area (Å²) in [5.74, 6) is -0.0976. The van der Waals surface area contributed by atoms with Gasteiger partial charge in [0.05, 0.1) is 20.1 Å². The average Bonchev–Trinajstić information content (AvgIpc) is 2.94. The molecule has 116 valence electrons. The highest BCUT2D eigenvalue weighted by molar-refractivity contribution is 7.15. The van der Waals surface area contributed by atoms with Gasteiger partial charge in [-0.05, 0) is 25.1 Å². The Morgan fingerprint density at radius 1 is 1.32 bits per heavy atom. The number of methoxy groups -OCH3 is 1. The summed E-state index contributed by atoms with van der Waals surface area (Å²) in [5, 5.41) is 11.1. The van der Waals surface area contributed by atoms with Crippen LogP contribution in [0, 0.1) is 0 Å². The monoisotopic (exact) mass is 321 g/mol. The molecule has 0 aliphatic carbocycles. The zero-order chi connectivity index (χ0) is 15.9. The van der Waals surface area contributed by atoms with E-state index >= 15 is 0 Å². The van der Waals surface area contributed by atoms with Crippen molar-refractivity contribution in [3.8, 4) is 5.75 Å². The molecule has 1 aromatic carbocycles. The first kappa shape index (κ1) is 15.9. The molecule has 0 aliphatic rings. The minimum Gasteiger partial charge on any atom is -0.494 e. The molecular weight excluding hydrogens is 306 g/mol. The van der Waals surface area contributed by atoms with E-state index in [1.165, 1.54) is 7.11 Å². The van der Waals surface area contributed by atoms with Crippen molar-refractivity contribution in [3.05, 3.63) is 34.8 Å². The molecule has 0 fully saturated rings. The van der Waals surface area contributed by atoms with Crippen molar-refractivity contribution in [2.75, 3.05) is 19.0 Å².